The summed E-state index contributed by atoms with van der Waals surface area (Å²) in [6.45, 7) is 6.30. The van der Waals surface area contributed by atoms with E-state index in [-0.39, 0.29) is 16.9 Å². The van der Waals surface area contributed by atoms with Gasteiger partial charge in [-0.25, -0.2) is 8.42 Å². The number of rotatable bonds is 7. The molecule has 0 fully saturated rings. The number of carbonyl (C=O) groups excluding carboxylic acids is 1. The Kier molecular flexibility index (Phi) is 5.96. The molecule has 0 unspecified atom stereocenters. The Labute approximate surface area is 211 Å². The SMILES string of the molecule is CCC(C)(C)c1ccc(Oc2ccc(NC(=O)CN3c4cccc5cccc(c45)S3(=O)=O)cc2)cc1. The molecule has 1 heterocycles. The first-order chi connectivity index (χ1) is 17.2. The van der Waals surface area contributed by atoms with E-state index in [4.69, 9.17) is 4.74 Å². The van der Waals surface area contributed by atoms with Gasteiger partial charge in [-0.15, -0.1) is 0 Å². The fourth-order valence-corrected chi connectivity index (χ4v) is 6.05. The second-order valence-corrected chi connectivity index (χ2v) is 11.4. The molecule has 0 aromatic heterocycles. The van der Waals surface area contributed by atoms with Crippen molar-refractivity contribution in [3.63, 3.8) is 0 Å². The van der Waals surface area contributed by atoms with Crippen LogP contribution in [0.25, 0.3) is 10.8 Å². The first kappa shape index (κ1) is 23.9. The second-order valence-electron chi connectivity index (χ2n) is 9.58. The minimum absolute atomic E-state index is 0.113. The van der Waals surface area contributed by atoms with Crippen molar-refractivity contribution in [1.29, 1.82) is 0 Å². The van der Waals surface area contributed by atoms with Crippen molar-refractivity contribution >= 4 is 38.1 Å². The monoisotopic (exact) mass is 500 g/mol. The van der Waals surface area contributed by atoms with Gasteiger partial charge in [-0.05, 0) is 71.3 Å². The lowest BCUT2D eigenvalue weighted by Crippen LogP contribution is -2.35. The van der Waals surface area contributed by atoms with Crippen molar-refractivity contribution in [2.24, 2.45) is 0 Å². The standard InChI is InChI=1S/C29H28N2O4S/c1-4-29(2,3)21-11-15-23(16-12-21)35-24-17-13-22(14-18-24)30-27(32)19-31-25-9-5-7-20-8-6-10-26(28(20)25)36(31,33)34/h5-18H,4,19H2,1-3H3,(H,30,32). The molecule has 0 saturated heterocycles. The molecule has 0 radical (unpaired) electrons. The van der Waals surface area contributed by atoms with E-state index in [9.17, 15) is 13.2 Å². The van der Waals surface area contributed by atoms with Crippen LogP contribution in [0.15, 0.2) is 89.8 Å². The van der Waals surface area contributed by atoms with Crippen molar-refractivity contribution < 1.29 is 17.9 Å². The maximum absolute atomic E-state index is 13.1. The zero-order valence-corrected chi connectivity index (χ0v) is 21.3. The summed E-state index contributed by atoms with van der Waals surface area (Å²) in [7, 11) is -3.79. The summed E-state index contributed by atoms with van der Waals surface area (Å²) in [5.41, 5.74) is 2.45. The van der Waals surface area contributed by atoms with E-state index < -0.39 is 15.9 Å². The third kappa shape index (κ3) is 4.31. The molecule has 0 saturated carbocycles. The summed E-state index contributed by atoms with van der Waals surface area (Å²) in [5, 5.41) is 4.27. The maximum Gasteiger partial charge on any atom is 0.265 e. The summed E-state index contributed by atoms with van der Waals surface area (Å²) >= 11 is 0. The first-order valence-corrected chi connectivity index (χ1v) is 13.4. The van der Waals surface area contributed by atoms with Crippen LogP contribution in [0, 0.1) is 0 Å². The summed E-state index contributed by atoms with van der Waals surface area (Å²) in [6.07, 6.45) is 1.05. The lowest BCUT2D eigenvalue weighted by molar-refractivity contribution is -0.114. The number of hydrogen-bond donors (Lipinski definition) is 1. The van der Waals surface area contributed by atoms with Crippen LogP contribution < -0.4 is 14.4 Å². The zero-order chi connectivity index (χ0) is 25.5. The van der Waals surface area contributed by atoms with E-state index in [2.05, 4.69) is 38.2 Å². The van der Waals surface area contributed by atoms with Gasteiger partial charge in [0, 0.05) is 11.1 Å². The molecule has 0 aliphatic carbocycles. The lowest BCUT2D eigenvalue weighted by Gasteiger charge is -2.23. The Balaban J connectivity index is 1.25. The smallest absolute Gasteiger partial charge is 0.265 e. The van der Waals surface area contributed by atoms with Crippen LogP contribution in [-0.2, 0) is 20.2 Å². The molecule has 36 heavy (non-hydrogen) atoms. The lowest BCUT2D eigenvalue weighted by atomic mass is 9.82. The molecule has 0 bridgehead atoms. The average molecular weight is 501 g/mol. The van der Waals surface area contributed by atoms with Gasteiger partial charge in [0.25, 0.3) is 10.0 Å². The fraction of sp³-hybridized carbons (Fsp3) is 0.207. The van der Waals surface area contributed by atoms with E-state index in [1.165, 1.54) is 9.87 Å². The quantitative estimate of drug-likeness (QED) is 0.316. The van der Waals surface area contributed by atoms with E-state index in [0.717, 1.165) is 17.6 Å². The highest BCUT2D eigenvalue weighted by molar-refractivity contribution is 7.93. The normalized spacial score (nSPS) is 14.1. The number of sulfonamides is 1. The molecule has 1 aliphatic heterocycles. The largest absolute Gasteiger partial charge is 0.457 e. The number of anilines is 2. The fourth-order valence-electron chi connectivity index (χ4n) is 4.38. The van der Waals surface area contributed by atoms with Gasteiger partial charge in [0.1, 0.15) is 18.0 Å². The Hall–Kier alpha value is -3.84. The van der Waals surface area contributed by atoms with Crippen molar-refractivity contribution in [1.82, 2.24) is 0 Å². The van der Waals surface area contributed by atoms with Crippen LogP contribution in [0.2, 0.25) is 0 Å². The number of hydrogen-bond acceptors (Lipinski definition) is 4. The van der Waals surface area contributed by atoms with Crippen LogP contribution in [0.4, 0.5) is 11.4 Å². The summed E-state index contributed by atoms with van der Waals surface area (Å²) in [6, 6.07) is 25.6. The number of ether oxygens (including phenoxy) is 1. The number of amides is 1. The summed E-state index contributed by atoms with van der Waals surface area (Å²) in [4.78, 5) is 13.0. The molecule has 184 valence electrons. The third-order valence-corrected chi connectivity index (χ3v) is 8.66. The highest BCUT2D eigenvalue weighted by atomic mass is 32.2. The predicted octanol–water partition coefficient (Wildman–Crippen LogP) is 6.47. The van der Waals surface area contributed by atoms with Crippen molar-refractivity contribution in [2.45, 2.75) is 37.5 Å². The number of benzene rings is 4. The van der Waals surface area contributed by atoms with E-state index in [1.54, 1.807) is 48.5 Å². The second kappa shape index (κ2) is 8.99. The Morgan fingerprint density at radius 2 is 1.50 bits per heavy atom. The maximum atomic E-state index is 13.1. The van der Waals surface area contributed by atoms with Crippen LogP contribution in [0.3, 0.4) is 0 Å². The highest BCUT2D eigenvalue weighted by Crippen LogP contribution is 2.41. The van der Waals surface area contributed by atoms with Gasteiger partial charge in [0.2, 0.25) is 5.91 Å². The van der Waals surface area contributed by atoms with Gasteiger partial charge in [-0.2, -0.15) is 0 Å². The first-order valence-electron chi connectivity index (χ1n) is 11.9. The summed E-state index contributed by atoms with van der Waals surface area (Å²) < 4.78 is 33.3. The zero-order valence-electron chi connectivity index (χ0n) is 20.5. The van der Waals surface area contributed by atoms with Gasteiger partial charge in [0.05, 0.1) is 10.6 Å². The highest BCUT2D eigenvalue weighted by Gasteiger charge is 2.36. The molecule has 4 aromatic rings. The van der Waals surface area contributed by atoms with Crippen molar-refractivity contribution in [3.8, 4) is 11.5 Å². The van der Waals surface area contributed by atoms with Gasteiger partial charge in [-0.1, -0.05) is 57.2 Å². The molecule has 7 heteroatoms. The van der Waals surface area contributed by atoms with Crippen molar-refractivity contribution in [2.75, 3.05) is 16.2 Å². The van der Waals surface area contributed by atoms with Crippen molar-refractivity contribution in [3.05, 3.63) is 90.5 Å². The van der Waals surface area contributed by atoms with E-state index in [0.29, 0.717) is 22.5 Å². The Bertz CT molecular complexity index is 1540. The third-order valence-electron chi connectivity index (χ3n) is 6.86. The molecule has 0 spiro atoms. The van der Waals surface area contributed by atoms with Crippen LogP contribution in [0.1, 0.15) is 32.8 Å². The molecule has 1 N–H and O–H groups in total. The van der Waals surface area contributed by atoms with Gasteiger partial charge in [-0.3, -0.25) is 9.10 Å². The molecular weight excluding hydrogens is 472 g/mol. The Morgan fingerprint density at radius 1 is 0.889 bits per heavy atom. The van der Waals surface area contributed by atoms with Gasteiger partial charge in [0.15, 0.2) is 0 Å². The molecule has 1 amide bonds. The van der Waals surface area contributed by atoms with E-state index >= 15 is 0 Å². The molecule has 4 aromatic carbocycles. The molecular formula is C29H28N2O4S. The number of nitrogens with one attached hydrogen (secondary N) is 1. The number of nitrogens with zero attached hydrogens (tertiary/aromatic N) is 1. The molecule has 6 nitrogen and oxygen atoms in total. The molecule has 1 aliphatic rings. The minimum atomic E-state index is -3.79. The summed E-state index contributed by atoms with van der Waals surface area (Å²) in [5.74, 6) is 0.946. The topological polar surface area (TPSA) is 75.7 Å². The van der Waals surface area contributed by atoms with Crippen LogP contribution in [-0.4, -0.2) is 20.9 Å². The van der Waals surface area contributed by atoms with Gasteiger partial charge < -0.3 is 10.1 Å². The van der Waals surface area contributed by atoms with Crippen LogP contribution in [0.5, 0.6) is 11.5 Å². The van der Waals surface area contributed by atoms with E-state index in [1.807, 2.05) is 24.3 Å². The number of carbonyl (C=O) groups is 1. The predicted molar refractivity (Wildman–Crippen MR) is 143 cm³/mol. The van der Waals surface area contributed by atoms with Crippen LogP contribution >= 0.6 is 0 Å². The van der Waals surface area contributed by atoms with Gasteiger partial charge >= 0.3 is 0 Å². The Morgan fingerprint density at radius 3 is 2.14 bits per heavy atom. The molecule has 0 atom stereocenters. The average Bonchev–Trinajstić information content (AvgIpc) is 3.09. The minimum Gasteiger partial charge on any atom is -0.457 e. The molecule has 5 rings (SSSR count).